The molecule has 4 rings (SSSR count). The first-order valence-electron chi connectivity index (χ1n) is 8.76. The number of hydrogen-bond acceptors (Lipinski definition) is 4. The summed E-state index contributed by atoms with van der Waals surface area (Å²) in [4.78, 5) is 16.8. The number of aromatic nitrogens is 1. The number of amides is 1. The number of nitrogens with zero attached hydrogens (tertiary/aromatic N) is 1. The summed E-state index contributed by atoms with van der Waals surface area (Å²) < 4.78 is 5.80. The summed E-state index contributed by atoms with van der Waals surface area (Å²) >= 11 is 7.67. The third kappa shape index (κ3) is 4.38. The molecule has 0 radical (unpaired) electrons. The van der Waals surface area contributed by atoms with Crippen molar-refractivity contribution in [3.8, 4) is 11.5 Å². The van der Waals surface area contributed by atoms with E-state index in [0.717, 1.165) is 27.2 Å². The Labute approximate surface area is 171 Å². The molecule has 0 spiro atoms. The molecule has 1 N–H and O–H groups in total. The number of carbonyl (C=O) groups excluding carboxylic acids is 1. The van der Waals surface area contributed by atoms with Gasteiger partial charge in [0.2, 0.25) is 11.8 Å². The number of thioether (sulfide) groups is 1. The molecule has 0 aliphatic carbocycles. The second kappa shape index (κ2) is 8.50. The van der Waals surface area contributed by atoms with Crippen LogP contribution < -0.4 is 5.32 Å². The molecule has 140 valence electrons. The van der Waals surface area contributed by atoms with Crippen molar-refractivity contribution in [3.05, 3.63) is 83.4 Å². The maximum Gasteiger partial charge on any atom is 0.234 e. The lowest BCUT2D eigenvalue weighted by atomic mass is 10.2. The Morgan fingerprint density at radius 3 is 2.71 bits per heavy atom. The Morgan fingerprint density at radius 1 is 1.04 bits per heavy atom. The highest BCUT2D eigenvalue weighted by Crippen LogP contribution is 2.26. The Bertz CT molecular complexity index is 1090. The van der Waals surface area contributed by atoms with Crippen LogP contribution in [0.2, 0.25) is 5.02 Å². The maximum absolute atomic E-state index is 12.3. The fourth-order valence-electron chi connectivity index (χ4n) is 2.79. The average Bonchev–Trinajstić information content (AvgIpc) is 3.14. The first-order chi connectivity index (χ1) is 13.7. The molecular formula is C22H17ClN2O2S. The van der Waals surface area contributed by atoms with Gasteiger partial charge in [-0.1, -0.05) is 48.0 Å². The number of hydrogen-bond donors (Lipinski definition) is 1. The molecule has 0 aliphatic rings. The Kier molecular flexibility index (Phi) is 5.65. The fourth-order valence-corrected chi connectivity index (χ4v) is 3.90. The summed E-state index contributed by atoms with van der Waals surface area (Å²) in [6.45, 7) is 0. The maximum atomic E-state index is 12.3. The number of fused-ring (bicyclic) bond motifs is 1. The lowest BCUT2D eigenvalue weighted by Crippen LogP contribution is -2.14. The molecule has 6 heteroatoms. The fraction of sp³-hybridized carbons (Fsp3) is 0.0909. The van der Waals surface area contributed by atoms with Crippen LogP contribution in [0.25, 0.3) is 22.6 Å². The summed E-state index contributed by atoms with van der Waals surface area (Å²) in [5.74, 6) is 1.51. The number of nitrogens with one attached hydrogen (secondary N) is 1. The Morgan fingerprint density at radius 2 is 1.86 bits per heavy atom. The lowest BCUT2D eigenvalue weighted by molar-refractivity contribution is -0.113. The number of halogens is 1. The van der Waals surface area contributed by atoms with Gasteiger partial charge in [0.15, 0.2) is 5.58 Å². The van der Waals surface area contributed by atoms with Crippen LogP contribution in [0.1, 0.15) is 5.56 Å². The zero-order valence-corrected chi connectivity index (χ0v) is 16.5. The van der Waals surface area contributed by atoms with Crippen LogP contribution in [0.4, 0.5) is 5.69 Å². The molecule has 0 unspecified atom stereocenters. The molecular weight excluding hydrogens is 392 g/mol. The van der Waals surface area contributed by atoms with Crippen molar-refractivity contribution >= 4 is 46.1 Å². The zero-order valence-electron chi connectivity index (χ0n) is 14.9. The van der Waals surface area contributed by atoms with E-state index >= 15 is 0 Å². The molecule has 0 saturated carbocycles. The largest absolute Gasteiger partial charge is 0.436 e. The van der Waals surface area contributed by atoms with Crippen LogP contribution in [-0.2, 0) is 10.5 Å². The highest BCUT2D eigenvalue weighted by Gasteiger charge is 2.10. The normalized spacial score (nSPS) is 10.9. The highest BCUT2D eigenvalue weighted by atomic mass is 35.5. The Hall–Kier alpha value is -2.76. The van der Waals surface area contributed by atoms with Crippen molar-refractivity contribution in [2.75, 3.05) is 11.1 Å². The van der Waals surface area contributed by atoms with Gasteiger partial charge < -0.3 is 9.73 Å². The summed E-state index contributed by atoms with van der Waals surface area (Å²) in [6.07, 6.45) is 0. The van der Waals surface area contributed by atoms with Gasteiger partial charge in [0, 0.05) is 22.0 Å². The molecule has 0 atom stereocenters. The number of rotatable bonds is 6. The van der Waals surface area contributed by atoms with Crippen molar-refractivity contribution < 1.29 is 9.21 Å². The van der Waals surface area contributed by atoms with Crippen LogP contribution >= 0.6 is 23.4 Å². The third-order valence-corrected chi connectivity index (χ3v) is 5.49. The number of oxazole rings is 1. The van der Waals surface area contributed by atoms with E-state index in [2.05, 4.69) is 10.3 Å². The minimum atomic E-state index is -0.0632. The van der Waals surface area contributed by atoms with E-state index < -0.39 is 0 Å². The van der Waals surface area contributed by atoms with E-state index in [9.17, 15) is 4.79 Å². The number of benzene rings is 3. The quantitative estimate of drug-likeness (QED) is 0.423. The second-order valence-corrected chi connectivity index (χ2v) is 7.59. The number of carbonyl (C=O) groups is 1. The standard InChI is InChI=1S/C22H17ClN2O2S/c23-18-9-2-1-6-16(18)13-28-14-21(26)24-17-8-5-7-15(12-17)22-25-19-10-3-4-11-20(19)27-22/h1-12H,13-14H2,(H,24,26). The number of anilines is 1. The third-order valence-electron chi connectivity index (χ3n) is 4.14. The highest BCUT2D eigenvalue weighted by molar-refractivity contribution is 7.99. The molecule has 1 heterocycles. The van der Waals surface area contributed by atoms with Gasteiger partial charge >= 0.3 is 0 Å². The van der Waals surface area contributed by atoms with Crippen molar-refractivity contribution in [3.63, 3.8) is 0 Å². The molecule has 0 fully saturated rings. The number of para-hydroxylation sites is 2. The van der Waals surface area contributed by atoms with Crippen molar-refractivity contribution in [2.24, 2.45) is 0 Å². The van der Waals surface area contributed by atoms with E-state index in [4.69, 9.17) is 16.0 Å². The van der Waals surface area contributed by atoms with Gasteiger partial charge in [-0.15, -0.1) is 11.8 Å². The minimum absolute atomic E-state index is 0.0632. The van der Waals surface area contributed by atoms with E-state index in [0.29, 0.717) is 23.1 Å². The molecule has 0 bridgehead atoms. The second-order valence-electron chi connectivity index (χ2n) is 6.20. The van der Waals surface area contributed by atoms with Crippen molar-refractivity contribution in [1.29, 1.82) is 0 Å². The predicted octanol–water partition coefficient (Wildman–Crippen LogP) is 6.02. The summed E-state index contributed by atoms with van der Waals surface area (Å²) in [6, 6.07) is 22.8. The SMILES string of the molecule is O=C(CSCc1ccccc1Cl)Nc1cccc(-c2nc3ccccc3o2)c1. The average molecular weight is 409 g/mol. The molecule has 1 amide bonds. The van der Waals surface area contributed by atoms with Gasteiger partial charge in [0.05, 0.1) is 5.75 Å². The molecule has 0 aliphatic heterocycles. The van der Waals surface area contributed by atoms with Crippen LogP contribution in [0.3, 0.4) is 0 Å². The van der Waals surface area contributed by atoms with E-state index in [-0.39, 0.29) is 5.91 Å². The van der Waals surface area contributed by atoms with Gasteiger partial charge in [-0.3, -0.25) is 4.79 Å². The van der Waals surface area contributed by atoms with Crippen molar-refractivity contribution in [2.45, 2.75) is 5.75 Å². The van der Waals surface area contributed by atoms with Crippen LogP contribution in [0.5, 0.6) is 0 Å². The van der Waals surface area contributed by atoms with Crippen LogP contribution in [-0.4, -0.2) is 16.6 Å². The molecule has 1 aromatic heterocycles. The van der Waals surface area contributed by atoms with Gasteiger partial charge in [-0.2, -0.15) is 0 Å². The molecule has 0 saturated heterocycles. The van der Waals surface area contributed by atoms with E-state index in [1.165, 1.54) is 11.8 Å². The van der Waals surface area contributed by atoms with Crippen molar-refractivity contribution in [1.82, 2.24) is 4.98 Å². The molecule has 4 aromatic rings. The summed E-state index contributed by atoms with van der Waals surface area (Å²) in [5.41, 5.74) is 4.10. The smallest absolute Gasteiger partial charge is 0.234 e. The molecule has 4 nitrogen and oxygen atoms in total. The molecule has 3 aromatic carbocycles. The lowest BCUT2D eigenvalue weighted by Gasteiger charge is -2.07. The van der Waals surface area contributed by atoms with Gasteiger partial charge in [0.1, 0.15) is 5.52 Å². The predicted molar refractivity (Wildman–Crippen MR) is 116 cm³/mol. The summed E-state index contributed by atoms with van der Waals surface area (Å²) in [7, 11) is 0. The Balaban J connectivity index is 1.39. The summed E-state index contributed by atoms with van der Waals surface area (Å²) in [5, 5.41) is 3.65. The zero-order chi connectivity index (χ0) is 19.3. The van der Waals surface area contributed by atoms with Gasteiger partial charge in [-0.05, 0) is 42.0 Å². The monoisotopic (exact) mass is 408 g/mol. The van der Waals surface area contributed by atoms with Crippen LogP contribution in [0.15, 0.2) is 77.2 Å². The van der Waals surface area contributed by atoms with Gasteiger partial charge in [0.25, 0.3) is 0 Å². The van der Waals surface area contributed by atoms with E-state index in [1.54, 1.807) is 0 Å². The van der Waals surface area contributed by atoms with Crippen LogP contribution in [0, 0.1) is 0 Å². The first-order valence-corrected chi connectivity index (χ1v) is 10.3. The topological polar surface area (TPSA) is 55.1 Å². The first kappa shape index (κ1) is 18.6. The van der Waals surface area contributed by atoms with Gasteiger partial charge in [-0.25, -0.2) is 4.98 Å². The molecule has 28 heavy (non-hydrogen) atoms. The van der Waals surface area contributed by atoms with E-state index in [1.807, 2.05) is 72.8 Å². The minimum Gasteiger partial charge on any atom is -0.436 e.